The summed E-state index contributed by atoms with van der Waals surface area (Å²) in [5.41, 5.74) is 1.69. The second-order valence-electron chi connectivity index (χ2n) is 4.05. The quantitative estimate of drug-likeness (QED) is 0.801. The van der Waals surface area contributed by atoms with Gasteiger partial charge >= 0.3 is 0 Å². The van der Waals surface area contributed by atoms with E-state index in [1.54, 1.807) is 0 Å². The SMILES string of the molecule is Cc1cc(Br)cc(C2(O)CC2C)c1. The highest BCUT2D eigenvalue weighted by Gasteiger charge is 2.50. The molecule has 70 valence electrons. The zero-order valence-corrected chi connectivity index (χ0v) is 9.43. The zero-order valence-electron chi connectivity index (χ0n) is 7.84. The highest BCUT2D eigenvalue weighted by atomic mass is 79.9. The van der Waals surface area contributed by atoms with Gasteiger partial charge in [0.25, 0.3) is 0 Å². The van der Waals surface area contributed by atoms with E-state index in [-0.39, 0.29) is 0 Å². The van der Waals surface area contributed by atoms with E-state index in [0.29, 0.717) is 5.92 Å². The molecule has 2 heteroatoms. The molecule has 0 bridgehead atoms. The van der Waals surface area contributed by atoms with Crippen LogP contribution in [-0.2, 0) is 5.60 Å². The lowest BCUT2D eigenvalue weighted by molar-refractivity contribution is 0.134. The summed E-state index contributed by atoms with van der Waals surface area (Å²) < 4.78 is 1.05. The Labute approximate surface area is 86.9 Å². The van der Waals surface area contributed by atoms with Crippen LogP contribution in [0.5, 0.6) is 0 Å². The van der Waals surface area contributed by atoms with Gasteiger partial charge in [0.05, 0.1) is 5.60 Å². The van der Waals surface area contributed by atoms with Gasteiger partial charge < -0.3 is 5.11 Å². The Morgan fingerprint density at radius 3 is 2.54 bits per heavy atom. The van der Waals surface area contributed by atoms with Gasteiger partial charge in [-0.3, -0.25) is 0 Å². The predicted octanol–water partition coefficient (Wildman–Crippen LogP) is 2.98. The summed E-state index contributed by atoms with van der Waals surface area (Å²) in [7, 11) is 0. The highest BCUT2D eigenvalue weighted by molar-refractivity contribution is 9.10. The number of aliphatic hydroxyl groups is 1. The molecule has 0 spiro atoms. The normalized spacial score (nSPS) is 31.8. The van der Waals surface area contributed by atoms with E-state index in [1.165, 1.54) is 5.56 Å². The number of halogens is 1. The minimum absolute atomic E-state index is 0.404. The lowest BCUT2D eigenvalue weighted by Crippen LogP contribution is -2.07. The molecular formula is C11H13BrO. The van der Waals surface area contributed by atoms with Crippen LogP contribution < -0.4 is 0 Å². The maximum Gasteiger partial charge on any atom is 0.0927 e. The molecule has 2 atom stereocenters. The van der Waals surface area contributed by atoms with Crippen molar-refractivity contribution < 1.29 is 5.11 Å². The molecule has 1 aromatic carbocycles. The van der Waals surface area contributed by atoms with Crippen LogP contribution in [0.4, 0.5) is 0 Å². The van der Waals surface area contributed by atoms with Crippen molar-refractivity contribution in [2.24, 2.45) is 5.92 Å². The first-order chi connectivity index (χ1) is 6.02. The Balaban J connectivity index is 2.42. The molecule has 1 N–H and O–H groups in total. The van der Waals surface area contributed by atoms with Crippen molar-refractivity contribution in [3.05, 3.63) is 33.8 Å². The van der Waals surface area contributed by atoms with Gasteiger partial charge in [0, 0.05) is 4.47 Å². The molecule has 0 saturated heterocycles. The number of hydrogen-bond acceptors (Lipinski definition) is 1. The summed E-state index contributed by atoms with van der Waals surface area (Å²) in [6, 6.07) is 6.13. The Morgan fingerprint density at radius 1 is 1.46 bits per heavy atom. The van der Waals surface area contributed by atoms with Gasteiger partial charge in [-0.15, -0.1) is 0 Å². The topological polar surface area (TPSA) is 20.2 Å². The Bertz CT molecular complexity index is 328. The molecule has 2 rings (SSSR count). The van der Waals surface area contributed by atoms with Gasteiger partial charge in [-0.1, -0.05) is 28.9 Å². The molecule has 1 aliphatic rings. The molecular weight excluding hydrogens is 228 g/mol. The van der Waals surface area contributed by atoms with Gasteiger partial charge in [0.15, 0.2) is 0 Å². The van der Waals surface area contributed by atoms with E-state index >= 15 is 0 Å². The third kappa shape index (κ3) is 1.53. The third-order valence-electron chi connectivity index (χ3n) is 2.81. The van der Waals surface area contributed by atoms with Gasteiger partial charge in [-0.2, -0.15) is 0 Å². The van der Waals surface area contributed by atoms with E-state index in [0.717, 1.165) is 16.5 Å². The average Bonchev–Trinajstić information content (AvgIpc) is 2.59. The second-order valence-corrected chi connectivity index (χ2v) is 4.96. The number of benzene rings is 1. The van der Waals surface area contributed by atoms with Crippen LogP contribution in [0, 0.1) is 12.8 Å². The molecule has 0 aromatic heterocycles. The van der Waals surface area contributed by atoms with Crippen LogP contribution in [0.25, 0.3) is 0 Å². The van der Waals surface area contributed by atoms with Crippen LogP contribution in [0.3, 0.4) is 0 Å². The molecule has 0 radical (unpaired) electrons. The van der Waals surface area contributed by atoms with Crippen molar-refractivity contribution >= 4 is 15.9 Å². The van der Waals surface area contributed by atoms with Crippen molar-refractivity contribution in [3.8, 4) is 0 Å². The summed E-state index contributed by atoms with van der Waals surface area (Å²) in [5.74, 6) is 0.404. The van der Waals surface area contributed by atoms with E-state index in [9.17, 15) is 5.11 Å². The first-order valence-corrected chi connectivity index (χ1v) is 5.32. The van der Waals surface area contributed by atoms with Crippen LogP contribution in [0.15, 0.2) is 22.7 Å². The average molecular weight is 241 g/mol. The fraction of sp³-hybridized carbons (Fsp3) is 0.455. The Kier molecular flexibility index (Phi) is 2.00. The van der Waals surface area contributed by atoms with Crippen LogP contribution in [0.1, 0.15) is 24.5 Å². The van der Waals surface area contributed by atoms with Crippen LogP contribution >= 0.6 is 15.9 Å². The van der Waals surface area contributed by atoms with Crippen molar-refractivity contribution in [1.82, 2.24) is 0 Å². The summed E-state index contributed by atoms with van der Waals surface area (Å²) >= 11 is 3.44. The Morgan fingerprint density at radius 2 is 2.08 bits per heavy atom. The Hall–Kier alpha value is -0.340. The molecule has 1 aromatic rings. The first kappa shape index (κ1) is 9.22. The molecule has 0 aliphatic heterocycles. The minimum Gasteiger partial charge on any atom is -0.385 e. The molecule has 1 fully saturated rings. The maximum atomic E-state index is 10.1. The van der Waals surface area contributed by atoms with Crippen LogP contribution in [0.2, 0.25) is 0 Å². The van der Waals surface area contributed by atoms with E-state index < -0.39 is 5.60 Å². The second kappa shape index (κ2) is 2.82. The van der Waals surface area contributed by atoms with Gasteiger partial charge in [0.1, 0.15) is 0 Å². The van der Waals surface area contributed by atoms with Gasteiger partial charge in [-0.25, -0.2) is 0 Å². The van der Waals surface area contributed by atoms with Gasteiger partial charge in [-0.05, 0) is 42.5 Å². The molecule has 1 aliphatic carbocycles. The van der Waals surface area contributed by atoms with Crippen molar-refractivity contribution in [3.63, 3.8) is 0 Å². The lowest BCUT2D eigenvalue weighted by atomic mass is 10.0. The summed E-state index contributed by atoms with van der Waals surface area (Å²) in [6.07, 6.45) is 0.892. The number of hydrogen-bond donors (Lipinski definition) is 1. The summed E-state index contributed by atoms with van der Waals surface area (Å²) in [5, 5.41) is 10.1. The standard InChI is InChI=1S/C11H13BrO/c1-7-3-9(5-10(12)4-7)11(13)6-8(11)2/h3-5,8,13H,6H2,1-2H3. The van der Waals surface area contributed by atoms with Crippen molar-refractivity contribution in [2.45, 2.75) is 25.9 Å². The van der Waals surface area contributed by atoms with E-state index in [4.69, 9.17) is 0 Å². The van der Waals surface area contributed by atoms with Crippen molar-refractivity contribution in [2.75, 3.05) is 0 Å². The lowest BCUT2D eigenvalue weighted by Gasteiger charge is -2.10. The molecule has 0 amide bonds. The highest BCUT2D eigenvalue weighted by Crippen LogP contribution is 2.51. The summed E-state index contributed by atoms with van der Waals surface area (Å²) in [4.78, 5) is 0. The molecule has 1 saturated carbocycles. The smallest absolute Gasteiger partial charge is 0.0927 e. The monoisotopic (exact) mass is 240 g/mol. The fourth-order valence-corrected chi connectivity index (χ4v) is 2.40. The zero-order chi connectivity index (χ0) is 9.64. The molecule has 2 unspecified atom stereocenters. The number of aryl methyl sites for hydroxylation is 1. The predicted molar refractivity (Wildman–Crippen MR) is 56.6 cm³/mol. The summed E-state index contributed by atoms with van der Waals surface area (Å²) in [6.45, 7) is 4.13. The van der Waals surface area contributed by atoms with E-state index in [2.05, 4.69) is 35.0 Å². The third-order valence-corrected chi connectivity index (χ3v) is 3.27. The largest absolute Gasteiger partial charge is 0.385 e. The van der Waals surface area contributed by atoms with Gasteiger partial charge in [0.2, 0.25) is 0 Å². The van der Waals surface area contributed by atoms with Crippen LogP contribution in [-0.4, -0.2) is 5.11 Å². The fourth-order valence-electron chi connectivity index (χ4n) is 1.80. The molecule has 0 heterocycles. The van der Waals surface area contributed by atoms with E-state index in [1.807, 2.05) is 13.0 Å². The molecule has 13 heavy (non-hydrogen) atoms. The minimum atomic E-state index is -0.547. The maximum absolute atomic E-state index is 10.1. The molecule has 1 nitrogen and oxygen atoms in total. The first-order valence-electron chi connectivity index (χ1n) is 4.52. The van der Waals surface area contributed by atoms with Crippen molar-refractivity contribution in [1.29, 1.82) is 0 Å². The number of rotatable bonds is 1.